The predicted octanol–water partition coefficient (Wildman–Crippen LogP) is 3.29. The van der Waals surface area contributed by atoms with E-state index in [4.69, 9.17) is 12.2 Å². The molecule has 0 spiro atoms. The van der Waals surface area contributed by atoms with E-state index in [2.05, 4.69) is 33.6 Å². The van der Waals surface area contributed by atoms with Crippen molar-refractivity contribution in [2.24, 2.45) is 0 Å². The Labute approximate surface area is 108 Å². The van der Waals surface area contributed by atoms with Crippen molar-refractivity contribution in [2.45, 2.75) is 51.5 Å². The second-order valence-electron chi connectivity index (χ2n) is 4.91. The maximum absolute atomic E-state index is 5.36. The van der Waals surface area contributed by atoms with Gasteiger partial charge in [-0.05, 0) is 31.5 Å². The molecule has 1 aliphatic rings. The largest absolute Gasteiger partial charge is 0.344 e. The number of nitrogens with zero attached hydrogens (tertiary/aromatic N) is 3. The molecule has 1 heterocycles. The standard InChI is InChI=1S/C12H22N4S/c1-3-4-9-15(2)11-13-14-12(17)16(11)10-7-5-6-8-10/h10H,3-9H2,1-2H3,(H,14,17). The minimum absolute atomic E-state index is 0.556. The molecule has 1 aromatic rings. The highest BCUT2D eigenvalue weighted by Gasteiger charge is 2.22. The van der Waals surface area contributed by atoms with E-state index in [1.807, 2.05) is 0 Å². The van der Waals surface area contributed by atoms with E-state index in [0.29, 0.717) is 6.04 Å². The third-order valence-corrected chi connectivity index (χ3v) is 3.85. The summed E-state index contributed by atoms with van der Waals surface area (Å²) >= 11 is 5.36. The monoisotopic (exact) mass is 254 g/mol. The van der Waals surface area contributed by atoms with Gasteiger partial charge in [-0.15, -0.1) is 5.10 Å². The summed E-state index contributed by atoms with van der Waals surface area (Å²) in [6, 6.07) is 0.556. The minimum Gasteiger partial charge on any atom is -0.344 e. The van der Waals surface area contributed by atoms with Crippen molar-refractivity contribution in [2.75, 3.05) is 18.5 Å². The van der Waals surface area contributed by atoms with Crippen LogP contribution in [0.15, 0.2) is 0 Å². The number of hydrogen-bond acceptors (Lipinski definition) is 3. The SMILES string of the molecule is CCCCN(C)c1n[nH]c(=S)n1C1CCCC1. The molecule has 1 N–H and O–H groups in total. The maximum Gasteiger partial charge on any atom is 0.225 e. The fourth-order valence-corrected chi connectivity index (χ4v) is 2.83. The summed E-state index contributed by atoms with van der Waals surface area (Å²) in [6.07, 6.45) is 7.51. The highest BCUT2D eigenvalue weighted by atomic mass is 32.1. The Morgan fingerprint density at radius 1 is 1.47 bits per heavy atom. The van der Waals surface area contributed by atoms with Crippen molar-refractivity contribution < 1.29 is 0 Å². The van der Waals surface area contributed by atoms with Crippen molar-refractivity contribution in [1.82, 2.24) is 14.8 Å². The highest BCUT2D eigenvalue weighted by molar-refractivity contribution is 7.71. The van der Waals surface area contributed by atoms with Crippen LogP contribution in [0.2, 0.25) is 0 Å². The summed E-state index contributed by atoms with van der Waals surface area (Å²) in [6.45, 7) is 3.25. The molecule has 17 heavy (non-hydrogen) atoms. The summed E-state index contributed by atoms with van der Waals surface area (Å²) in [7, 11) is 2.10. The minimum atomic E-state index is 0.556. The molecular formula is C12H22N4S. The Kier molecular flexibility index (Phi) is 4.20. The third-order valence-electron chi connectivity index (χ3n) is 3.56. The Hall–Kier alpha value is -0.840. The molecule has 96 valence electrons. The smallest absolute Gasteiger partial charge is 0.225 e. The number of aromatic amines is 1. The van der Waals surface area contributed by atoms with Gasteiger partial charge in [0.15, 0.2) is 4.77 Å². The van der Waals surface area contributed by atoms with Gasteiger partial charge in [0, 0.05) is 19.6 Å². The van der Waals surface area contributed by atoms with Crippen LogP contribution in [0.3, 0.4) is 0 Å². The first-order valence-electron chi connectivity index (χ1n) is 6.62. The summed E-state index contributed by atoms with van der Waals surface area (Å²) < 4.78 is 2.99. The van der Waals surface area contributed by atoms with Gasteiger partial charge in [-0.25, -0.2) is 5.10 Å². The van der Waals surface area contributed by atoms with Crippen LogP contribution in [-0.4, -0.2) is 28.4 Å². The van der Waals surface area contributed by atoms with Crippen LogP contribution in [0, 0.1) is 4.77 Å². The molecule has 0 radical (unpaired) electrons. The second kappa shape index (κ2) is 5.67. The lowest BCUT2D eigenvalue weighted by molar-refractivity contribution is 0.508. The van der Waals surface area contributed by atoms with E-state index in [1.165, 1.54) is 38.5 Å². The van der Waals surface area contributed by atoms with Gasteiger partial charge in [0.1, 0.15) is 0 Å². The fraction of sp³-hybridized carbons (Fsp3) is 0.833. The molecule has 5 heteroatoms. The molecule has 4 nitrogen and oxygen atoms in total. The Morgan fingerprint density at radius 2 is 2.18 bits per heavy atom. The van der Waals surface area contributed by atoms with Crippen LogP contribution in [0.4, 0.5) is 5.95 Å². The number of aromatic nitrogens is 3. The maximum atomic E-state index is 5.36. The van der Waals surface area contributed by atoms with Gasteiger partial charge >= 0.3 is 0 Å². The zero-order chi connectivity index (χ0) is 12.3. The number of hydrogen-bond donors (Lipinski definition) is 1. The third kappa shape index (κ3) is 2.70. The van der Waals surface area contributed by atoms with Crippen LogP contribution in [0.25, 0.3) is 0 Å². The average molecular weight is 254 g/mol. The molecule has 1 aromatic heterocycles. The fourth-order valence-electron chi connectivity index (χ4n) is 2.55. The first-order chi connectivity index (χ1) is 8.24. The molecule has 0 saturated heterocycles. The second-order valence-corrected chi connectivity index (χ2v) is 5.30. The molecule has 2 rings (SSSR count). The van der Waals surface area contributed by atoms with Crippen molar-refractivity contribution >= 4 is 18.2 Å². The summed E-state index contributed by atoms with van der Waals surface area (Å²) in [4.78, 5) is 2.22. The van der Waals surface area contributed by atoms with E-state index < -0.39 is 0 Å². The molecule has 0 atom stereocenters. The van der Waals surface area contributed by atoms with E-state index in [1.54, 1.807) is 0 Å². The molecular weight excluding hydrogens is 232 g/mol. The Bertz CT molecular complexity index is 403. The first kappa shape index (κ1) is 12.6. The van der Waals surface area contributed by atoms with Gasteiger partial charge in [-0.2, -0.15) is 0 Å². The van der Waals surface area contributed by atoms with Gasteiger partial charge in [0.2, 0.25) is 5.95 Å². The van der Waals surface area contributed by atoms with E-state index in [-0.39, 0.29) is 0 Å². The molecule has 0 aliphatic heterocycles. The van der Waals surface area contributed by atoms with Gasteiger partial charge in [-0.3, -0.25) is 4.57 Å². The molecule has 0 unspecified atom stereocenters. The predicted molar refractivity (Wildman–Crippen MR) is 73.1 cm³/mol. The van der Waals surface area contributed by atoms with Gasteiger partial charge in [-0.1, -0.05) is 26.2 Å². The highest BCUT2D eigenvalue weighted by Crippen LogP contribution is 2.32. The van der Waals surface area contributed by atoms with Crippen molar-refractivity contribution in [3.05, 3.63) is 4.77 Å². The molecule has 0 amide bonds. The number of unbranched alkanes of at least 4 members (excludes halogenated alkanes) is 1. The first-order valence-corrected chi connectivity index (χ1v) is 7.03. The van der Waals surface area contributed by atoms with Gasteiger partial charge in [0.25, 0.3) is 0 Å². The zero-order valence-electron chi connectivity index (χ0n) is 10.8. The van der Waals surface area contributed by atoms with Crippen LogP contribution in [0.5, 0.6) is 0 Å². The summed E-state index contributed by atoms with van der Waals surface area (Å²) in [5.41, 5.74) is 0. The normalized spacial score (nSPS) is 16.6. The van der Waals surface area contributed by atoms with Gasteiger partial charge in [0.05, 0.1) is 0 Å². The lowest BCUT2D eigenvalue weighted by Gasteiger charge is -2.21. The lowest BCUT2D eigenvalue weighted by atomic mass is 10.2. The molecule has 1 aliphatic carbocycles. The van der Waals surface area contributed by atoms with E-state index in [9.17, 15) is 0 Å². The number of rotatable bonds is 5. The Morgan fingerprint density at radius 3 is 2.82 bits per heavy atom. The quantitative estimate of drug-likeness (QED) is 0.819. The van der Waals surface area contributed by atoms with Crippen LogP contribution in [-0.2, 0) is 0 Å². The van der Waals surface area contributed by atoms with Crippen molar-refractivity contribution in [1.29, 1.82) is 0 Å². The van der Waals surface area contributed by atoms with E-state index >= 15 is 0 Å². The van der Waals surface area contributed by atoms with Gasteiger partial charge < -0.3 is 4.90 Å². The van der Waals surface area contributed by atoms with Crippen molar-refractivity contribution in [3.8, 4) is 0 Å². The van der Waals surface area contributed by atoms with E-state index in [0.717, 1.165) is 17.3 Å². The average Bonchev–Trinajstić information content (AvgIpc) is 2.94. The summed E-state index contributed by atoms with van der Waals surface area (Å²) in [5.74, 6) is 1.01. The van der Waals surface area contributed by atoms with Crippen LogP contribution in [0.1, 0.15) is 51.5 Å². The number of H-pyrrole nitrogens is 1. The molecule has 1 saturated carbocycles. The molecule has 0 aromatic carbocycles. The molecule has 1 fully saturated rings. The van der Waals surface area contributed by atoms with Crippen molar-refractivity contribution in [3.63, 3.8) is 0 Å². The lowest BCUT2D eigenvalue weighted by Crippen LogP contribution is -2.23. The van der Waals surface area contributed by atoms with Crippen LogP contribution < -0.4 is 4.90 Å². The number of nitrogens with one attached hydrogen (secondary N) is 1. The summed E-state index contributed by atoms with van der Waals surface area (Å²) in [5, 5.41) is 7.33. The zero-order valence-corrected chi connectivity index (χ0v) is 11.6. The number of anilines is 1. The van der Waals surface area contributed by atoms with Crippen LogP contribution >= 0.6 is 12.2 Å². The topological polar surface area (TPSA) is 36.9 Å². The Balaban J connectivity index is 2.19. The molecule has 0 bridgehead atoms.